The Bertz CT molecular complexity index is 867. The van der Waals surface area contributed by atoms with E-state index in [1.165, 1.54) is 7.11 Å². The minimum atomic E-state index is -0.880. The van der Waals surface area contributed by atoms with E-state index in [2.05, 4.69) is 0 Å². The molecule has 0 aromatic heterocycles. The summed E-state index contributed by atoms with van der Waals surface area (Å²) in [5.41, 5.74) is 2.80. The number of carbonyl (C=O) groups excluding carboxylic acids is 3. The smallest absolute Gasteiger partial charge is 0.409 e. The second-order valence-corrected chi connectivity index (χ2v) is 7.02. The fourth-order valence-electron chi connectivity index (χ4n) is 3.79. The fraction of sp³-hybridized carbons (Fsp3) is 0.292. The normalized spacial score (nSPS) is 14.1. The molecule has 3 rings (SSSR count). The van der Waals surface area contributed by atoms with Crippen LogP contribution in [0.5, 0.6) is 0 Å². The van der Waals surface area contributed by atoms with Gasteiger partial charge in [-0.25, -0.2) is 4.79 Å². The third-order valence-electron chi connectivity index (χ3n) is 5.34. The Morgan fingerprint density at radius 1 is 0.931 bits per heavy atom. The van der Waals surface area contributed by atoms with Crippen molar-refractivity contribution in [2.45, 2.75) is 19.8 Å². The number of hydrogen-bond donors (Lipinski definition) is 0. The third-order valence-corrected chi connectivity index (χ3v) is 5.34. The number of ether oxygens (including phenoxy) is 1. The van der Waals surface area contributed by atoms with Crippen LogP contribution in [0.15, 0.2) is 71.8 Å². The number of carbonyl (C=O) groups is 3. The van der Waals surface area contributed by atoms with E-state index in [1.54, 1.807) is 53.4 Å². The van der Waals surface area contributed by atoms with Crippen molar-refractivity contribution in [2.75, 3.05) is 20.2 Å². The summed E-state index contributed by atoms with van der Waals surface area (Å²) in [5.74, 6) is -1.28. The second kappa shape index (κ2) is 9.32. The predicted octanol–water partition coefficient (Wildman–Crippen LogP) is 4.55. The SMILES string of the molecule is CCC1=C(C(C(=O)c2ccccc2)C(=O)c2ccccc2)CCN(C(=O)OC)C1. The maximum Gasteiger partial charge on any atom is 0.409 e. The molecule has 1 aliphatic heterocycles. The van der Waals surface area contributed by atoms with Gasteiger partial charge in [-0.05, 0) is 18.4 Å². The van der Waals surface area contributed by atoms with Gasteiger partial charge in [-0.1, -0.05) is 73.2 Å². The van der Waals surface area contributed by atoms with Gasteiger partial charge in [-0.15, -0.1) is 0 Å². The van der Waals surface area contributed by atoms with Gasteiger partial charge in [0, 0.05) is 24.2 Å². The summed E-state index contributed by atoms with van der Waals surface area (Å²) >= 11 is 0. The monoisotopic (exact) mass is 391 g/mol. The molecule has 1 aliphatic rings. The quantitative estimate of drug-likeness (QED) is 0.412. The van der Waals surface area contributed by atoms with Crippen LogP contribution in [0.25, 0.3) is 0 Å². The number of Topliss-reactive ketones (excluding diaryl/α,β-unsaturated/α-hetero) is 2. The molecule has 0 spiro atoms. The Morgan fingerprint density at radius 2 is 1.45 bits per heavy atom. The highest BCUT2D eigenvalue weighted by Gasteiger charge is 2.36. The molecule has 29 heavy (non-hydrogen) atoms. The van der Waals surface area contributed by atoms with Gasteiger partial charge < -0.3 is 9.64 Å². The summed E-state index contributed by atoms with van der Waals surface area (Å²) < 4.78 is 4.84. The Hall–Kier alpha value is -3.21. The minimum Gasteiger partial charge on any atom is -0.453 e. The van der Waals surface area contributed by atoms with Crippen molar-refractivity contribution in [3.63, 3.8) is 0 Å². The Labute approximate surface area is 171 Å². The largest absolute Gasteiger partial charge is 0.453 e. The van der Waals surface area contributed by atoms with Crippen LogP contribution in [-0.4, -0.2) is 42.8 Å². The first kappa shape index (κ1) is 20.5. The first-order chi connectivity index (χ1) is 14.1. The van der Waals surface area contributed by atoms with Gasteiger partial charge in [0.05, 0.1) is 7.11 Å². The summed E-state index contributed by atoms with van der Waals surface area (Å²) in [6, 6.07) is 17.8. The van der Waals surface area contributed by atoms with Crippen LogP contribution < -0.4 is 0 Å². The van der Waals surface area contributed by atoms with E-state index >= 15 is 0 Å². The van der Waals surface area contributed by atoms with Crippen molar-refractivity contribution < 1.29 is 19.1 Å². The Morgan fingerprint density at radius 3 is 1.90 bits per heavy atom. The van der Waals surface area contributed by atoms with Crippen LogP contribution in [0.2, 0.25) is 0 Å². The third kappa shape index (κ3) is 4.45. The van der Waals surface area contributed by atoms with E-state index < -0.39 is 12.0 Å². The van der Waals surface area contributed by atoms with Crippen molar-refractivity contribution >= 4 is 17.7 Å². The molecule has 2 aromatic rings. The molecule has 150 valence electrons. The van der Waals surface area contributed by atoms with Gasteiger partial charge in [0.2, 0.25) is 0 Å². The molecule has 2 aromatic carbocycles. The molecule has 0 aliphatic carbocycles. The average Bonchev–Trinajstić information content (AvgIpc) is 2.79. The minimum absolute atomic E-state index is 0.202. The van der Waals surface area contributed by atoms with E-state index in [-0.39, 0.29) is 11.6 Å². The first-order valence-electron chi connectivity index (χ1n) is 9.79. The lowest BCUT2D eigenvalue weighted by atomic mass is 9.79. The van der Waals surface area contributed by atoms with Gasteiger partial charge in [0.15, 0.2) is 11.6 Å². The maximum absolute atomic E-state index is 13.4. The van der Waals surface area contributed by atoms with Crippen molar-refractivity contribution in [1.82, 2.24) is 4.90 Å². The molecule has 0 unspecified atom stereocenters. The molecule has 0 atom stereocenters. The zero-order valence-electron chi connectivity index (χ0n) is 16.8. The lowest BCUT2D eigenvalue weighted by Gasteiger charge is -2.32. The summed E-state index contributed by atoms with van der Waals surface area (Å²) in [7, 11) is 1.36. The number of ketones is 2. The van der Waals surface area contributed by atoms with Gasteiger partial charge in [-0.2, -0.15) is 0 Å². The van der Waals surface area contributed by atoms with Crippen molar-refractivity contribution in [1.29, 1.82) is 0 Å². The molecule has 0 bridgehead atoms. The summed E-state index contributed by atoms with van der Waals surface area (Å²) in [6.07, 6.45) is 0.735. The highest BCUT2D eigenvalue weighted by molar-refractivity contribution is 6.18. The molecule has 0 saturated carbocycles. The molecular formula is C24H25NO4. The zero-order chi connectivity index (χ0) is 20.8. The number of hydrogen-bond acceptors (Lipinski definition) is 4. The van der Waals surface area contributed by atoms with Crippen LogP contribution in [-0.2, 0) is 4.74 Å². The van der Waals surface area contributed by atoms with Crippen molar-refractivity contribution in [2.24, 2.45) is 5.92 Å². The van der Waals surface area contributed by atoms with Crippen LogP contribution in [0, 0.1) is 5.92 Å². The van der Waals surface area contributed by atoms with Crippen molar-refractivity contribution in [3.8, 4) is 0 Å². The first-order valence-corrected chi connectivity index (χ1v) is 9.79. The molecule has 5 nitrogen and oxygen atoms in total. The fourth-order valence-corrected chi connectivity index (χ4v) is 3.79. The highest BCUT2D eigenvalue weighted by atomic mass is 16.5. The summed E-state index contributed by atoms with van der Waals surface area (Å²) in [6.45, 7) is 2.78. The van der Waals surface area contributed by atoms with Crippen LogP contribution in [0.3, 0.4) is 0 Å². The van der Waals surface area contributed by atoms with E-state index in [0.717, 1.165) is 11.1 Å². The Kier molecular flexibility index (Phi) is 6.60. The molecule has 0 radical (unpaired) electrons. The molecule has 0 saturated heterocycles. The molecule has 5 heteroatoms. The van der Waals surface area contributed by atoms with Gasteiger partial charge in [0.1, 0.15) is 5.92 Å². The van der Waals surface area contributed by atoms with Gasteiger partial charge in [-0.3, -0.25) is 9.59 Å². The maximum atomic E-state index is 13.4. The lowest BCUT2D eigenvalue weighted by molar-refractivity contribution is 0.0825. The van der Waals surface area contributed by atoms with E-state index in [9.17, 15) is 14.4 Å². The number of benzene rings is 2. The molecular weight excluding hydrogens is 366 g/mol. The lowest BCUT2D eigenvalue weighted by Crippen LogP contribution is -2.40. The van der Waals surface area contributed by atoms with Crippen molar-refractivity contribution in [3.05, 3.63) is 82.9 Å². The van der Waals surface area contributed by atoms with Crippen LogP contribution in [0.1, 0.15) is 40.5 Å². The zero-order valence-corrected chi connectivity index (χ0v) is 16.8. The van der Waals surface area contributed by atoms with E-state index in [1.807, 2.05) is 19.1 Å². The standard InChI is InChI=1S/C24H25NO4/c1-3-17-16-25(24(28)29-2)15-14-20(17)21(22(26)18-10-6-4-7-11-18)23(27)19-12-8-5-9-13-19/h4-13,21H,3,14-16H2,1-2H3. The summed E-state index contributed by atoms with van der Waals surface area (Å²) in [4.78, 5) is 40.4. The predicted molar refractivity (Wildman–Crippen MR) is 111 cm³/mol. The van der Waals surface area contributed by atoms with E-state index in [0.29, 0.717) is 37.1 Å². The number of nitrogens with zero attached hydrogens (tertiary/aromatic N) is 1. The number of rotatable bonds is 6. The molecule has 1 heterocycles. The van der Waals surface area contributed by atoms with E-state index in [4.69, 9.17) is 4.74 Å². The van der Waals surface area contributed by atoms with Gasteiger partial charge in [0.25, 0.3) is 0 Å². The van der Waals surface area contributed by atoms with Crippen LogP contribution in [0.4, 0.5) is 4.79 Å². The van der Waals surface area contributed by atoms with Gasteiger partial charge >= 0.3 is 6.09 Å². The molecule has 1 amide bonds. The highest BCUT2D eigenvalue weighted by Crippen LogP contribution is 2.32. The van der Waals surface area contributed by atoms with Crippen LogP contribution >= 0.6 is 0 Å². The number of amides is 1. The summed E-state index contributed by atoms with van der Waals surface area (Å²) in [5, 5.41) is 0. The second-order valence-electron chi connectivity index (χ2n) is 7.02. The number of methoxy groups -OCH3 is 1. The Balaban J connectivity index is 2.05. The molecule has 0 N–H and O–H groups in total. The topological polar surface area (TPSA) is 63.7 Å². The molecule has 0 fully saturated rings. The average molecular weight is 391 g/mol.